The molecule has 0 unspecified atom stereocenters. The average Bonchev–Trinajstić information content (AvgIpc) is 2.26. The molecule has 0 aliphatic rings. The smallest absolute Gasteiger partial charge is 0.237 e. The molecule has 0 aliphatic heterocycles. The fourth-order valence-electron chi connectivity index (χ4n) is 1.62. The van der Waals surface area contributed by atoms with Crippen LogP contribution in [0.1, 0.15) is 25.8 Å². The Balaban J connectivity index is 2.46. The summed E-state index contributed by atoms with van der Waals surface area (Å²) in [6.45, 7) is 4.52. The minimum absolute atomic E-state index is 0.123. The second kappa shape index (κ2) is 6.25. The second-order valence-corrected chi connectivity index (χ2v) is 4.65. The van der Waals surface area contributed by atoms with Gasteiger partial charge in [0.05, 0.1) is 6.04 Å². The van der Waals surface area contributed by atoms with Crippen LogP contribution in [0.5, 0.6) is 0 Å². The molecule has 1 aromatic rings. The molecule has 0 radical (unpaired) electrons. The Morgan fingerprint density at radius 1 is 1.35 bits per heavy atom. The van der Waals surface area contributed by atoms with Gasteiger partial charge in [0.25, 0.3) is 0 Å². The van der Waals surface area contributed by atoms with E-state index in [9.17, 15) is 4.79 Å². The molecule has 0 saturated heterocycles. The Morgan fingerprint density at radius 3 is 2.59 bits per heavy atom. The molecule has 1 aromatic carbocycles. The SMILES string of the molecule is CC(C)C[C@H](N)C(=O)NCc1ccccc1N. The molecule has 0 aromatic heterocycles. The summed E-state index contributed by atoms with van der Waals surface area (Å²) >= 11 is 0. The van der Waals surface area contributed by atoms with Crippen molar-refractivity contribution < 1.29 is 4.79 Å². The molecule has 17 heavy (non-hydrogen) atoms. The van der Waals surface area contributed by atoms with Crippen molar-refractivity contribution in [2.75, 3.05) is 5.73 Å². The predicted octanol–water partition coefficient (Wildman–Crippen LogP) is 1.26. The van der Waals surface area contributed by atoms with Crippen LogP contribution in [0, 0.1) is 5.92 Å². The zero-order valence-corrected chi connectivity index (χ0v) is 10.4. The molecule has 5 N–H and O–H groups in total. The highest BCUT2D eigenvalue weighted by Gasteiger charge is 2.14. The molecule has 0 aliphatic carbocycles. The first-order chi connectivity index (χ1) is 8.00. The monoisotopic (exact) mass is 235 g/mol. The topological polar surface area (TPSA) is 81.1 Å². The molecular weight excluding hydrogens is 214 g/mol. The lowest BCUT2D eigenvalue weighted by atomic mass is 10.0. The highest BCUT2D eigenvalue weighted by molar-refractivity contribution is 5.81. The van der Waals surface area contributed by atoms with E-state index < -0.39 is 6.04 Å². The maximum atomic E-state index is 11.7. The van der Waals surface area contributed by atoms with Crippen molar-refractivity contribution in [3.63, 3.8) is 0 Å². The van der Waals surface area contributed by atoms with Crippen LogP contribution in [0.25, 0.3) is 0 Å². The molecule has 4 heteroatoms. The number of rotatable bonds is 5. The van der Waals surface area contributed by atoms with Crippen LogP contribution in [-0.4, -0.2) is 11.9 Å². The molecule has 0 fully saturated rings. The van der Waals surface area contributed by atoms with Gasteiger partial charge in [-0.1, -0.05) is 32.0 Å². The van der Waals surface area contributed by atoms with Crippen molar-refractivity contribution >= 4 is 11.6 Å². The number of nitrogens with two attached hydrogens (primary N) is 2. The van der Waals surface area contributed by atoms with Crippen LogP contribution < -0.4 is 16.8 Å². The van der Waals surface area contributed by atoms with Gasteiger partial charge in [-0.3, -0.25) is 4.79 Å². The van der Waals surface area contributed by atoms with E-state index in [1.165, 1.54) is 0 Å². The Bertz CT molecular complexity index is 377. The van der Waals surface area contributed by atoms with Crippen molar-refractivity contribution in [1.29, 1.82) is 0 Å². The van der Waals surface area contributed by atoms with Crippen LogP contribution in [0.15, 0.2) is 24.3 Å². The molecule has 4 nitrogen and oxygen atoms in total. The van der Waals surface area contributed by atoms with Crippen molar-refractivity contribution in [2.45, 2.75) is 32.9 Å². The maximum Gasteiger partial charge on any atom is 0.237 e. The lowest BCUT2D eigenvalue weighted by Gasteiger charge is -2.14. The van der Waals surface area contributed by atoms with Gasteiger partial charge < -0.3 is 16.8 Å². The summed E-state index contributed by atoms with van der Waals surface area (Å²) in [7, 11) is 0. The Labute approximate surface area is 102 Å². The molecule has 0 spiro atoms. The zero-order valence-electron chi connectivity index (χ0n) is 10.4. The maximum absolute atomic E-state index is 11.7. The van der Waals surface area contributed by atoms with E-state index in [2.05, 4.69) is 5.32 Å². The molecule has 1 rings (SSSR count). The van der Waals surface area contributed by atoms with Crippen molar-refractivity contribution in [1.82, 2.24) is 5.32 Å². The van der Waals surface area contributed by atoms with E-state index >= 15 is 0 Å². The quantitative estimate of drug-likeness (QED) is 0.672. The summed E-state index contributed by atoms with van der Waals surface area (Å²) in [5.41, 5.74) is 13.2. The van der Waals surface area contributed by atoms with Crippen LogP contribution in [0.4, 0.5) is 5.69 Å². The van der Waals surface area contributed by atoms with Crippen molar-refractivity contribution in [2.24, 2.45) is 11.7 Å². The van der Waals surface area contributed by atoms with Crippen molar-refractivity contribution in [3.05, 3.63) is 29.8 Å². The molecular formula is C13H21N3O. The van der Waals surface area contributed by atoms with Gasteiger partial charge in [-0.05, 0) is 24.0 Å². The van der Waals surface area contributed by atoms with Gasteiger partial charge in [-0.15, -0.1) is 0 Å². The predicted molar refractivity (Wildman–Crippen MR) is 70.1 cm³/mol. The lowest BCUT2D eigenvalue weighted by Crippen LogP contribution is -2.41. The highest BCUT2D eigenvalue weighted by atomic mass is 16.2. The summed E-state index contributed by atoms with van der Waals surface area (Å²) in [5.74, 6) is 0.291. The molecule has 1 amide bonds. The number of benzene rings is 1. The normalized spacial score (nSPS) is 12.5. The van der Waals surface area contributed by atoms with E-state index in [0.717, 1.165) is 5.56 Å². The van der Waals surface area contributed by atoms with E-state index in [4.69, 9.17) is 11.5 Å². The summed E-state index contributed by atoms with van der Waals surface area (Å²) in [4.78, 5) is 11.7. The van der Waals surface area contributed by atoms with E-state index in [1.54, 1.807) is 0 Å². The van der Waals surface area contributed by atoms with Crippen molar-refractivity contribution in [3.8, 4) is 0 Å². The number of anilines is 1. The van der Waals surface area contributed by atoms with Gasteiger partial charge in [-0.25, -0.2) is 0 Å². The number of nitrogen functional groups attached to an aromatic ring is 1. The fourth-order valence-corrected chi connectivity index (χ4v) is 1.62. The first-order valence-corrected chi connectivity index (χ1v) is 5.87. The number of hydrogen-bond acceptors (Lipinski definition) is 3. The third-order valence-electron chi connectivity index (χ3n) is 2.57. The average molecular weight is 235 g/mol. The first-order valence-electron chi connectivity index (χ1n) is 5.87. The van der Waals surface area contributed by atoms with Crippen LogP contribution >= 0.6 is 0 Å². The molecule has 0 saturated carbocycles. The van der Waals surface area contributed by atoms with Gasteiger partial charge in [0, 0.05) is 12.2 Å². The largest absolute Gasteiger partial charge is 0.398 e. The molecule has 0 heterocycles. The van der Waals surface area contributed by atoms with Gasteiger partial charge in [-0.2, -0.15) is 0 Å². The first kappa shape index (κ1) is 13.5. The Hall–Kier alpha value is -1.55. The summed E-state index contributed by atoms with van der Waals surface area (Å²) in [5, 5.41) is 2.80. The van der Waals surface area contributed by atoms with E-state index in [0.29, 0.717) is 24.6 Å². The minimum Gasteiger partial charge on any atom is -0.398 e. The van der Waals surface area contributed by atoms with Gasteiger partial charge in [0.15, 0.2) is 0 Å². The Morgan fingerprint density at radius 2 is 2.00 bits per heavy atom. The van der Waals surface area contributed by atoms with E-state index in [1.807, 2.05) is 38.1 Å². The molecule has 0 bridgehead atoms. The molecule has 94 valence electrons. The zero-order chi connectivity index (χ0) is 12.8. The number of carbonyl (C=O) groups excluding carboxylic acids is 1. The Kier molecular flexibility index (Phi) is 4.97. The third-order valence-corrected chi connectivity index (χ3v) is 2.57. The summed E-state index contributed by atoms with van der Waals surface area (Å²) in [6, 6.07) is 7.02. The summed E-state index contributed by atoms with van der Waals surface area (Å²) in [6.07, 6.45) is 0.691. The standard InChI is InChI=1S/C13H21N3O/c1-9(2)7-12(15)13(17)16-8-10-5-3-4-6-11(10)14/h3-6,9,12H,7-8,14-15H2,1-2H3,(H,16,17)/t12-/m0/s1. The summed E-state index contributed by atoms with van der Waals surface area (Å²) < 4.78 is 0. The van der Waals surface area contributed by atoms with Crippen LogP contribution in [0.3, 0.4) is 0 Å². The number of hydrogen-bond donors (Lipinski definition) is 3. The number of carbonyl (C=O) groups is 1. The number of para-hydroxylation sites is 1. The van der Waals surface area contributed by atoms with E-state index in [-0.39, 0.29) is 5.91 Å². The van der Waals surface area contributed by atoms with Crippen LogP contribution in [0.2, 0.25) is 0 Å². The highest BCUT2D eigenvalue weighted by Crippen LogP contribution is 2.10. The van der Waals surface area contributed by atoms with Gasteiger partial charge in [0.2, 0.25) is 5.91 Å². The molecule has 1 atom stereocenters. The number of amides is 1. The number of nitrogens with one attached hydrogen (secondary N) is 1. The van der Waals surface area contributed by atoms with Crippen LogP contribution in [-0.2, 0) is 11.3 Å². The third kappa shape index (κ3) is 4.44. The second-order valence-electron chi connectivity index (χ2n) is 4.65. The minimum atomic E-state index is -0.445. The van der Waals surface area contributed by atoms with Gasteiger partial charge in [0.1, 0.15) is 0 Å². The fraction of sp³-hybridized carbons (Fsp3) is 0.462. The van der Waals surface area contributed by atoms with Gasteiger partial charge >= 0.3 is 0 Å². The lowest BCUT2D eigenvalue weighted by molar-refractivity contribution is -0.122.